The van der Waals surface area contributed by atoms with Crippen molar-refractivity contribution in [2.75, 3.05) is 32.1 Å². The van der Waals surface area contributed by atoms with Crippen LogP contribution in [0, 0.1) is 0 Å². The van der Waals surface area contributed by atoms with Gasteiger partial charge >= 0.3 is 6.18 Å². The minimum Gasteiger partial charge on any atom is -0.372 e. The Morgan fingerprint density at radius 3 is 2.95 bits per heavy atom. The van der Waals surface area contributed by atoms with Gasteiger partial charge in [-0.2, -0.15) is 13.2 Å². The van der Waals surface area contributed by atoms with E-state index in [2.05, 4.69) is 15.0 Å². The third-order valence-corrected chi connectivity index (χ3v) is 2.99. The van der Waals surface area contributed by atoms with Gasteiger partial charge in [-0.15, -0.1) is 0 Å². The zero-order chi connectivity index (χ0) is 14.8. The first-order valence-corrected chi connectivity index (χ1v) is 6.04. The molecule has 0 aromatic carbocycles. The Morgan fingerprint density at radius 1 is 1.55 bits per heavy atom. The number of morpholine rings is 1. The summed E-state index contributed by atoms with van der Waals surface area (Å²) in [6, 6.07) is 3.09. The van der Waals surface area contributed by atoms with Crippen molar-refractivity contribution in [3.8, 4) is 0 Å². The minimum absolute atomic E-state index is 0.128. The molecule has 0 bridgehead atoms. The van der Waals surface area contributed by atoms with Crippen LogP contribution in [0.1, 0.15) is 10.4 Å². The minimum atomic E-state index is -4.47. The third kappa shape index (κ3) is 3.01. The monoisotopic (exact) mass is 289 g/mol. The quantitative estimate of drug-likeness (QED) is 0.897. The number of anilines is 1. The van der Waals surface area contributed by atoms with Gasteiger partial charge in [-0.05, 0) is 12.1 Å². The number of nitrogens with zero attached hydrogens (tertiary/aromatic N) is 2. The van der Waals surface area contributed by atoms with E-state index < -0.39 is 24.7 Å². The van der Waals surface area contributed by atoms with E-state index in [4.69, 9.17) is 0 Å². The van der Waals surface area contributed by atoms with E-state index in [0.717, 1.165) is 4.90 Å². The number of alkyl halides is 3. The van der Waals surface area contributed by atoms with E-state index >= 15 is 0 Å². The van der Waals surface area contributed by atoms with E-state index in [1.54, 1.807) is 13.1 Å². The predicted molar refractivity (Wildman–Crippen MR) is 65.5 cm³/mol. The molecular formula is C12H14F3N3O2. The maximum Gasteiger partial charge on any atom is 0.416 e. The van der Waals surface area contributed by atoms with Crippen LogP contribution in [0.25, 0.3) is 0 Å². The molecule has 1 aromatic heterocycles. The summed E-state index contributed by atoms with van der Waals surface area (Å²) < 4.78 is 42.6. The average Bonchev–Trinajstić information content (AvgIpc) is 2.45. The van der Waals surface area contributed by atoms with Gasteiger partial charge in [0.1, 0.15) is 5.82 Å². The lowest BCUT2D eigenvalue weighted by Crippen LogP contribution is -2.51. The average molecular weight is 289 g/mol. The van der Waals surface area contributed by atoms with Crippen LogP contribution in [0.4, 0.5) is 19.0 Å². The molecule has 1 aliphatic heterocycles. The van der Waals surface area contributed by atoms with Crippen molar-refractivity contribution in [3.05, 3.63) is 23.9 Å². The molecule has 0 aliphatic carbocycles. The highest BCUT2D eigenvalue weighted by Gasteiger charge is 2.44. The van der Waals surface area contributed by atoms with Gasteiger partial charge in [-0.1, -0.05) is 0 Å². The molecular weight excluding hydrogens is 275 g/mol. The van der Waals surface area contributed by atoms with Crippen LogP contribution in [-0.4, -0.2) is 54.8 Å². The Morgan fingerprint density at radius 2 is 2.30 bits per heavy atom. The number of rotatable bonds is 2. The summed E-state index contributed by atoms with van der Waals surface area (Å²) in [5.41, 5.74) is 0.248. The van der Waals surface area contributed by atoms with Crippen LogP contribution >= 0.6 is 0 Å². The highest BCUT2D eigenvalue weighted by molar-refractivity contribution is 5.98. The number of amides is 1. The number of nitrogens with one attached hydrogen (secondary N) is 1. The van der Waals surface area contributed by atoms with Gasteiger partial charge < -0.3 is 15.0 Å². The molecule has 8 heteroatoms. The lowest BCUT2D eigenvalue weighted by Gasteiger charge is -2.34. The summed E-state index contributed by atoms with van der Waals surface area (Å²) in [5, 5.41) is 2.74. The smallest absolute Gasteiger partial charge is 0.372 e. The lowest BCUT2D eigenvalue weighted by molar-refractivity contribution is -0.233. The molecule has 1 unspecified atom stereocenters. The molecule has 1 aliphatic rings. The fraction of sp³-hybridized carbons (Fsp3) is 0.500. The Bertz CT molecular complexity index is 493. The molecule has 0 saturated carbocycles. The first-order valence-electron chi connectivity index (χ1n) is 6.04. The van der Waals surface area contributed by atoms with Gasteiger partial charge in [0.2, 0.25) is 0 Å². The molecule has 1 saturated heterocycles. The van der Waals surface area contributed by atoms with E-state index in [1.165, 1.54) is 12.3 Å². The lowest BCUT2D eigenvalue weighted by atomic mass is 10.2. The summed E-state index contributed by atoms with van der Waals surface area (Å²) in [7, 11) is 1.59. The number of halogens is 3. The molecule has 20 heavy (non-hydrogen) atoms. The number of carbonyl (C=O) groups excluding carboxylic acids is 1. The van der Waals surface area contributed by atoms with Crippen LogP contribution in [0.3, 0.4) is 0 Å². The Labute approximate surface area is 113 Å². The van der Waals surface area contributed by atoms with Gasteiger partial charge in [0.15, 0.2) is 6.10 Å². The third-order valence-electron chi connectivity index (χ3n) is 2.99. The van der Waals surface area contributed by atoms with Crippen LogP contribution in [0.15, 0.2) is 18.3 Å². The largest absolute Gasteiger partial charge is 0.416 e. The first kappa shape index (κ1) is 14.6. The molecule has 1 amide bonds. The molecule has 2 heterocycles. The summed E-state index contributed by atoms with van der Waals surface area (Å²) in [6.07, 6.45) is -4.91. The number of ether oxygens (including phenoxy) is 1. The van der Waals surface area contributed by atoms with E-state index in [1.807, 2.05) is 0 Å². The molecule has 1 atom stereocenters. The SMILES string of the molecule is CNc1ncccc1C(=O)N1CCOC(C(F)(F)F)C1. The fourth-order valence-corrected chi connectivity index (χ4v) is 1.98. The molecule has 5 nitrogen and oxygen atoms in total. The van der Waals surface area contributed by atoms with Gasteiger partial charge in [0.05, 0.1) is 18.7 Å². The number of hydrogen-bond acceptors (Lipinski definition) is 4. The second-order valence-corrected chi connectivity index (χ2v) is 4.30. The van der Waals surface area contributed by atoms with E-state index in [0.29, 0.717) is 5.82 Å². The molecule has 1 fully saturated rings. The molecule has 1 aromatic rings. The molecule has 110 valence electrons. The Balaban J connectivity index is 2.17. The van der Waals surface area contributed by atoms with Crippen molar-refractivity contribution in [1.29, 1.82) is 0 Å². The van der Waals surface area contributed by atoms with Crippen molar-refractivity contribution >= 4 is 11.7 Å². The molecule has 1 N–H and O–H groups in total. The summed E-state index contributed by atoms with van der Waals surface area (Å²) in [6.45, 7) is -0.505. The van der Waals surface area contributed by atoms with Crippen molar-refractivity contribution in [1.82, 2.24) is 9.88 Å². The van der Waals surface area contributed by atoms with Crippen molar-refractivity contribution in [2.24, 2.45) is 0 Å². The van der Waals surface area contributed by atoms with Crippen LogP contribution in [-0.2, 0) is 4.74 Å². The number of hydrogen-bond donors (Lipinski definition) is 1. The summed E-state index contributed by atoms with van der Waals surface area (Å²) >= 11 is 0. The van der Waals surface area contributed by atoms with Crippen LogP contribution in [0.2, 0.25) is 0 Å². The maximum absolute atomic E-state index is 12.6. The molecule has 0 radical (unpaired) electrons. The standard InChI is InChI=1S/C12H14F3N3O2/c1-16-10-8(3-2-4-17-10)11(19)18-5-6-20-9(7-18)12(13,14)15/h2-4,9H,5-7H2,1H3,(H,16,17). The van der Waals surface area contributed by atoms with Crippen molar-refractivity contribution < 1.29 is 22.7 Å². The van der Waals surface area contributed by atoms with Gasteiger partial charge in [0, 0.05) is 19.8 Å². The van der Waals surface area contributed by atoms with Crippen molar-refractivity contribution in [3.63, 3.8) is 0 Å². The first-order chi connectivity index (χ1) is 9.43. The number of aromatic nitrogens is 1. The number of carbonyl (C=O) groups is 1. The molecule has 0 spiro atoms. The molecule has 2 rings (SSSR count). The normalized spacial score (nSPS) is 19.8. The van der Waals surface area contributed by atoms with Gasteiger partial charge in [-0.3, -0.25) is 4.79 Å². The van der Waals surface area contributed by atoms with Gasteiger partial charge in [-0.25, -0.2) is 4.98 Å². The maximum atomic E-state index is 12.6. The van der Waals surface area contributed by atoms with E-state index in [-0.39, 0.29) is 18.7 Å². The highest BCUT2D eigenvalue weighted by atomic mass is 19.4. The second-order valence-electron chi connectivity index (χ2n) is 4.30. The van der Waals surface area contributed by atoms with Crippen LogP contribution < -0.4 is 5.32 Å². The highest BCUT2D eigenvalue weighted by Crippen LogP contribution is 2.26. The van der Waals surface area contributed by atoms with E-state index in [9.17, 15) is 18.0 Å². The van der Waals surface area contributed by atoms with Crippen LogP contribution in [0.5, 0.6) is 0 Å². The predicted octanol–water partition coefficient (Wildman–Crippen LogP) is 1.53. The number of pyridine rings is 1. The zero-order valence-corrected chi connectivity index (χ0v) is 10.8. The van der Waals surface area contributed by atoms with Crippen molar-refractivity contribution in [2.45, 2.75) is 12.3 Å². The van der Waals surface area contributed by atoms with Gasteiger partial charge in [0.25, 0.3) is 5.91 Å². The second kappa shape index (κ2) is 5.66. The fourth-order valence-electron chi connectivity index (χ4n) is 1.98. The zero-order valence-electron chi connectivity index (χ0n) is 10.8. The summed E-state index contributed by atoms with van der Waals surface area (Å²) in [4.78, 5) is 17.4. The summed E-state index contributed by atoms with van der Waals surface area (Å²) in [5.74, 6) is -0.146. The Hall–Kier alpha value is -1.83. The topological polar surface area (TPSA) is 54.5 Å². The Kier molecular flexibility index (Phi) is 4.12.